The van der Waals surface area contributed by atoms with Crippen LogP contribution in [0.4, 0.5) is 17.6 Å². The molecular weight excluding hydrogens is 348 g/mol. The Labute approximate surface area is 140 Å². The number of carbonyl (C=O) groups is 1. The van der Waals surface area contributed by atoms with E-state index >= 15 is 0 Å². The minimum Gasteiger partial charge on any atom is -0.428 e. The number of nitrogens with one attached hydrogen (secondary N) is 1. The maximum absolute atomic E-state index is 13.0. The van der Waals surface area contributed by atoms with Crippen LogP contribution in [0.25, 0.3) is 6.08 Å². The van der Waals surface area contributed by atoms with E-state index in [9.17, 15) is 22.4 Å². The predicted molar refractivity (Wildman–Crippen MR) is 81.6 cm³/mol. The van der Waals surface area contributed by atoms with Gasteiger partial charge in [0.1, 0.15) is 11.4 Å². The second-order valence-corrected chi connectivity index (χ2v) is 5.82. The Morgan fingerprint density at radius 2 is 2.08 bits per heavy atom. The molecule has 1 aromatic carbocycles. The van der Waals surface area contributed by atoms with Crippen LogP contribution in [0.3, 0.4) is 0 Å². The van der Waals surface area contributed by atoms with Gasteiger partial charge in [0, 0.05) is 6.04 Å². The number of halogens is 4. The van der Waals surface area contributed by atoms with Crippen molar-refractivity contribution < 1.29 is 27.1 Å². The second kappa shape index (κ2) is 6.04. The molecule has 1 saturated heterocycles. The van der Waals surface area contributed by atoms with Crippen molar-refractivity contribution >= 4 is 29.3 Å². The van der Waals surface area contributed by atoms with Crippen molar-refractivity contribution in [3.63, 3.8) is 0 Å². The fourth-order valence-corrected chi connectivity index (χ4v) is 2.59. The fraction of sp³-hybridized carbons (Fsp3) is 0.333. The van der Waals surface area contributed by atoms with Crippen LogP contribution < -0.4 is 10.1 Å². The van der Waals surface area contributed by atoms with Gasteiger partial charge >= 0.3 is 12.5 Å². The van der Waals surface area contributed by atoms with Gasteiger partial charge in [-0.1, -0.05) is 12.1 Å². The number of carbonyl (C=O) groups excluding carboxylic acids is 1. The van der Waals surface area contributed by atoms with Gasteiger partial charge < -0.3 is 10.1 Å². The van der Waals surface area contributed by atoms with Gasteiger partial charge in [0.25, 0.3) is 5.91 Å². The third kappa shape index (κ3) is 3.35. The van der Waals surface area contributed by atoms with Crippen LogP contribution in [0, 0.1) is 0 Å². The summed E-state index contributed by atoms with van der Waals surface area (Å²) >= 11 is 5.10. The molecule has 1 aliphatic heterocycles. The smallest absolute Gasteiger partial charge is 0.428 e. The van der Waals surface area contributed by atoms with Gasteiger partial charge in [-0.15, -0.1) is 0 Å². The second-order valence-electron chi connectivity index (χ2n) is 5.43. The summed E-state index contributed by atoms with van der Waals surface area (Å²) in [7, 11) is 0. The Hall–Kier alpha value is -2.16. The van der Waals surface area contributed by atoms with E-state index in [2.05, 4.69) is 10.1 Å². The minimum absolute atomic E-state index is 0.0998. The van der Waals surface area contributed by atoms with E-state index in [1.54, 1.807) is 0 Å². The van der Waals surface area contributed by atoms with Crippen LogP contribution in [0.15, 0.2) is 30.0 Å². The van der Waals surface area contributed by atoms with E-state index in [1.165, 1.54) is 23.1 Å². The van der Waals surface area contributed by atoms with Crippen molar-refractivity contribution in [2.75, 3.05) is 0 Å². The van der Waals surface area contributed by atoms with Crippen LogP contribution in [0.2, 0.25) is 0 Å². The molecule has 1 heterocycles. The third-order valence-electron chi connectivity index (χ3n) is 3.50. The lowest BCUT2D eigenvalue weighted by Crippen LogP contribution is -2.33. The molecule has 1 N–H and O–H groups in total. The molecule has 0 radical (unpaired) electrons. The lowest BCUT2D eigenvalue weighted by molar-refractivity contribution is -0.253. The Kier molecular flexibility index (Phi) is 4.20. The van der Waals surface area contributed by atoms with Crippen LogP contribution in [0.1, 0.15) is 18.4 Å². The zero-order chi connectivity index (χ0) is 17.5. The summed E-state index contributed by atoms with van der Waals surface area (Å²) in [5.74, 6) is -0.728. The molecule has 3 rings (SSSR count). The molecule has 1 aromatic rings. The molecule has 0 unspecified atom stereocenters. The van der Waals surface area contributed by atoms with Crippen molar-refractivity contribution in [2.24, 2.45) is 0 Å². The molecule has 4 nitrogen and oxygen atoms in total. The number of hydrogen-bond donors (Lipinski definition) is 1. The average Bonchev–Trinajstić information content (AvgIpc) is 3.27. The highest BCUT2D eigenvalue weighted by atomic mass is 32.1. The summed E-state index contributed by atoms with van der Waals surface area (Å²) in [6.07, 6.45) is -5.36. The van der Waals surface area contributed by atoms with Crippen LogP contribution >= 0.6 is 12.2 Å². The van der Waals surface area contributed by atoms with Gasteiger partial charge in [0.2, 0.25) is 0 Å². The number of benzene rings is 1. The number of nitrogens with zero attached hydrogens (tertiary/aromatic N) is 1. The van der Waals surface area contributed by atoms with E-state index in [0.29, 0.717) is 10.7 Å². The van der Waals surface area contributed by atoms with E-state index < -0.39 is 18.3 Å². The Morgan fingerprint density at radius 1 is 1.38 bits per heavy atom. The first-order valence-electron chi connectivity index (χ1n) is 7.09. The molecular formula is C15H12F4N2O2S. The molecule has 0 aromatic heterocycles. The Morgan fingerprint density at radius 3 is 2.71 bits per heavy atom. The molecule has 2 aliphatic rings. The van der Waals surface area contributed by atoms with E-state index in [1.807, 2.05) is 0 Å². The summed E-state index contributed by atoms with van der Waals surface area (Å²) in [6.45, 7) is 0. The number of hydrogen-bond acceptors (Lipinski definition) is 3. The molecule has 24 heavy (non-hydrogen) atoms. The Balaban J connectivity index is 1.80. The molecule has 1 amide bonds. The summed E-state index contributed by atoms with van der Waals surface area (Å²) < 4.78 is 54.3. The highest BCUT2D eigenvalue weighted by Gasteiger charge is 2.44. The number of ether oxygens (including phenoxy) is 1. The molecule has 0 atom stereocenters. The monoisotopic (exact) mass is 360 g/mol. The average molecular weight is 360 g/mol. The molecule has 1 aliphatic carbocycles. The third-order valence-corrected chi connectivity index (χ3v) is 3.80. The molecule has 128 valence electrons. The first kappa shape index (κ1) is 16.7. The lowest BCUT2D eigenvalue weighted by atomic mass is 10.2. The van der Waals surface area contributed by atoms with Crippen LogP contribution in [-0.4, -0.2) is 34.5 Å². The van der Waals surface area contributed by atoms with E-state index in [0.717, 1.165) is 25.0 Å². The first-order valence-corrected chi connectivity index (χ1v) is 7.50. The van der Waals surface area contributed by atoms with Gasteiger partial charge in [-0.05, 0) is 48.8 Å². The van der Waals surface area contributed by atoms with Gasteiger partial charge in [0.05, 0.1) is 0 Å². The van der Waals surface area contributed by atoms with Gasteiger partial charge in [-0.25, -0.2) is 0 Å². The lowest BCUT2D eigenvalue weighted by Gasteiger charge is -2.16. The maximum atomic E-state index is 13.0. The predicted octanol–water partition coefficient (Wildman–Crippen LogP) is 3.14. The van der Waals surface area contributed by atoms with Crippen molar-refractivity contribution in [1.29, 1.82) is 0 Å². The van der Waals surface area contributed by atoms with Gasteiger partial charge in [-0.2, -0.15) is 17.6 Å². The number of amides is 1. The zero-order valence-corrected chi connectivity index (χ0v) is 13.0. The first-order chi connectivity index (χ1) is 11.3. The summed E-state index contributed by atoms with van der Waals surface area (Å²) in [5, 5.41) is 3.07. The molecule has 9 heteroatoms. The van der Waals surface area contributed by atoms with Crippen molar-refractivity contribution in [3.05, 3.63) is 35.5 Å². The largest absolute Gasteiger partial charge is 0.461 e. The van der Waals surface area contributed by atoms with Crippen LogP contribution in [-0.2, 0) is 4.79 Å². The highest BCUT2D eigenvalue weighted by Crippen LogP contribution is 2.31. The number of alkyl halides is 4. The van der Waals surface area contributed by atoms with E-state index in [-0.39, 0.29) is 17.6 Å². The van der Waals surface area contributed by atoms with E-state index in [4.69, 9.17) is 12.2 Å². The molecule has 0 bridgehead atoms. The van der Waals surface area contributed by atoms with Crippen molar-refractivity contribution in [1.82, 2.24) is 10.2 Å². The molecule has 2 fully saturated rings. The normalized spacial score (nSPS) is 20.0. The SMILES string of the molecule is O=C1/C(=C/c2cccc(OC(F)(F)C(F)F)c2)NC(=S)N1C1CC1. The summed E-state index contributed by atoms with van der Waals surface area (Å²) in [4.78, 5) is 13.7. The van der Waals surface area contributed by atoms with Crippen molar-refractivity contribution in [3.8, 4) is 5.75 Å². The standard InChI is InChI=1S/C15H12F4N2O2S/c16-13(17)15(18,19)23-10-3-1-2-8(6-10)7-11-12(22)21(9-4-5-9)14(24)20-11/h1-3,6-7,9,13H,4-5H2,(H,20,24)/b11-7-. The Bertz CT molecular complexity index is 719. The quantitative estimate of drug-likeness (QED) is 0.498. The number of rotatable bonds is 5. The van der Waals surface area contributed by atoms with Gasteiger partial charge in [0.15, 0.2) is 5.11 Å². The summed E-state index contributed by atoms with van der Waals surface area (Å²) in [6, 6.07) is 5.25. The topological polar surface area (TPSA) is 41.6 Å². The highest BCUT2D eigenvalue weighted by molar-refractivity contribution is 7.80. The molecule has 0 spiro atoms. The fourth-order valence-electron chi connectivity index (χ4n) is 2.25. The minimum atomic E-state index is -4.59. The summed E-state index contributed by atoms with van der Waals surface area (Å²) in [5.41, 5.74) is 0.540. The molecule has 1 saturated carbocycles. The maximum Gasteiger partial charge on any atom is 0.461 e. The number of thiocarbonyl (C=S) groups is 1. The van der Waals surface area contributed by atoms with Crippen molar-refractivity contribution in [2.45, 2.75) is 31.4 Å². The zero-order valence-electron chi connectivity index (χ0n) is 12.1. The van der Waals surface area contributed by atoms with Gasteiger partial charge in [-0.3, -0.25) is 9.69 Å². The van der Waals surface area contributed by atoms with Crippen LogP contribution in [0.5, 0.6) is 5.75 Å².